The smallest absolute Gasteiger partial charge is 0.220 e. The molecule has 1 aliphatic rings. The summed E-state index contributed by atoms with van der Waals surface area (Å²) in [5, 5.41) is 3.03. The van der Waals surface area contributed by atoms with Gasteiger partial charge in [0.15, 0.2) is 0 Å². The van der Waals surface area contributed by atoms with Gasteiger partial charge in [0.1, 0.15) is 0 Å². The molecule has 12 heavy (non-hydrogen) atoms. The molecule has 0 bridgehead atoms. The quantitative estimate of drug-likeness (QED) is 0.675. The Kier molecular flexibility index (Phi) is 3.09. The van der Waals surface area contributed by atoms with Gasteiger partial charge >= 0.3 is 0 Å². The first-order chi connectivity index (χ1) is 5.66. The van der Waals surface area contributed by atoms with Gasteiger partial charge in [-0.3, -0.25) is 4.79 Å². The van der Waals surface area contributed by atoms with Gasteiger partial charge in [-0.2, -0.15) is 0 Å². The number of ether oxygens (including phenoxy) is 1. The van der Waals surface area contributed by atoms with Crippen molar-refractivity contribution in [3.05, 3.63) is 0 Å². The van der Waals surface area contributed by atoms with Crippen LogP contribution in [0.3, 0.4) is 0 Å². The van der Waals surface area contributed by atoms with E-state index in [2.05, 4.69) is 12.2 Å². The third-order valence-electron chi connectivity index (χ3n) is 2.36. The Hall–Kier alpha value is -0.570. The van der Waals surface area contributed by atoms with E-state index in [-0.39, 0.29) is 11.4 Å². The molecule has 1 N–H and O–H groups in total. The van der Waals surface area contributed by atoms with E-state index in [1.807, 2.05) is 6.92 Å². The van der Waals surface area contributed by atoms with Crippen LogP contribution in [-0.4, -0.2) is 24.7 Å². The highest BCUT2D eigenvalue weighted by Crippen LogP contribution is 2.19. The van der Waals surface area contributed by atoms with Gasteiger partial charge in [0.2, 0.25) is 5.91 Å². The summed E-state index contributed by atoms with van der Waals surface area (Å²) >= 11 is 0. The molecular weight excluding hydrogens is 154 g/mol. The summed E-state index contributed by atoms with van der Waals surface area (Å²) in [6.45, 7) is 5.49. The monoisotopic (exact) mass is 171 g/mol. The second-order valence-corrected chi connectivity index (χ2v) is 3.57. The zero-order valence-corrected chi connectivity index (χ0v) is 7.85. The highest BCUT2D eigenvalue weighted by Gasteiger charge is 2.28. The van der Waals surface area contributed by atoms with Crippen molar-refractivity contribution >= 4 is 5.91 Å². The van der Waals surface area contributed by atoms with Crippen molar-refractivity contribution in [2.24, 2.45) is 0 Å². The van der Waals surface area contributed by atoms with Gasteiger partial charge in [-0.25, -0.2) is 0 Å². The van der Waals surface area contributed by atoms with Crippen LogP contribution in [0.4, 0.5) is 0 Å². The van der Waals surface area contributed by atoms with Crippen molar-refractivity contribution < 1.29 is 9.53 Å². The van der Waals surface area contributed by atoms with Crippen molar-refractivity contribution in [2.75, 3.05) is 13.2 Å². The molecule has 3 nitrogen and oxygen atoms in total. The van der Waals surface area contributed by atoms with E-state index in [0.29, 0.717) is 6.42 Å². The average molecular weight is 171 g/mol. The van der Waals surface area contributed by atoms with Gasteiger partial charge in [-0.1, -0.05) is 6.92 Å². The summed E-state index contributed by atoms with van der Waals surface area (Å²) in [7, 11) is 0. The van der Waals surface area contributed by atoms with Crippen LogP contribution in [0.2, 0.25) is 0 Å². The predicted molar refractivity (Wildman–Crippen MR) is 46.9 cm³/mol. The normalized spacial score (nSPS) is 21.8. The van der Waals surface area contributed by atoms with Crippen LogP contribution in [0.25, 0.3) is 0 Å². The number of amides is 1. The third-order valence-corrected chi connectivity index (χ3v) is 2.36. The molecule has 1 saturated heterocycles. The molecule has 0 aromatic rings. The molecule has 1 fully saturated rings. The Labute approximate surface area is 73.5 Å². The lowest BCUT2D eigenvalue weighted by atomic mass is 9.92. The van der Waals surface area contributed by atoms with E-state index in [1.54, 1.807) is 0 Å². The number of nitrogens with one attached hydrogen (secondary N) is 1. The van der Waals surface area contributed by atoms with Crippen molar-refractivity contribution in [2.45, 2.75) is 38.6 Å². The number of hydrogen-bond donors (Lipinski definition) is 1. The number of carbonyl (C=O) groups excluding carboxylic acids is 1. The van der Waals surface area contributed by atoms with Crippen LogP contribution in [0.15, 0.2) is 0 Å². The lowest BCUT2D eigenvalue weighted by Gasteiger charge is -2.34. The van der Waals surface area contributed by atoms with Crippen LogP contribution < -0.4 is 5.32 Å². The molecule has 3 heteroatoms. The highest BCUT2D eigenvalue weighted by atomic mass is 16.5. The van der Waals surface area contributed by atoms with Gasteiger partial charge in [0, 0.05) is 25.2 Å². The van der Waals surface area contributed by atoms with E-state index in [9.17, 15) is 4.79 Å². The molecule has 0 saturated carbocycles. The third kappa shape index (κ3) is 2.48. The molecule has 0 radical (unpaired) electrons. The molecule has 0 atom stereocenters. The summed E-state index contributed by atoms with van der Waals surface area (Å²) in [4.78, 5) is 11.1. The summed E-state index contributed by atoms with van der Waals surface area (Å²) in [5.74, 6) is 0.138. The molecule has 1 rings (SSSR count). The topological polar surface area (TPSA) is 38.3 Å². The first kappa shape index (κ1) is 9.52. The van der Waals surface area contributed by atoms with E-state index >= 15 is 0 Å². The van der Waals surface area contributed by atoms with Crippen molar-refractivity contribution in [1.82, 2.24) is 5.32 Å². The number of carbonyl (C=O) groups is 1. The van der Waals surface area contributed by atoms with Crippen LogP contribution >= 0.6 is 0 Å². The molecule has 0 unspecified atom stereocenters. The Morgan fingerprint density at radius 2 is 2.08 bits per heavy atom. The fourth-order valence-electron chi connectivity index (χ4n) is 1.37. The Bertz CT molecular complexity index is 162. The molecule has 0 spiro atoms. The fourth-order valence-corrected chi connectivity index (χ4v) is 1.37. The minimum Gasteiger partial charge on any atom is -0.381 e. The predicted octanol–water partition coefficient (Wildman–Crippen LogP) is 1.08. The summed E-state index contributed by atoms with van der Waals surface area (Å²) in [6, 6.07) is 0. The zero-order valence-electron chi connectivity index (χ0n) is 7.85. The lowest BCUT2D eigenvalue weighted by molar-refractivity contribution is -0.123. The van der Waals surface area contributed by atoms with Gasteiger partial charge in [-0.15, -0.1) is 0 Å². The SMILES string of the molecule is CCC(=O)NC1(C)CCOCC1. The van der Waals surface area contributed by atoms with Crippen LogP contribution in [-0.2, 0) is 9.53 Å². The van der Waals surface area contributed by atoms with Gasteiger partial charge in [-0.05, 0) is 19.8 Å². The van der Waals surface area contributed by atoms with Crippen LogP contribution in [0, 0.1) is 0 Å². The maximum atomic E-state index is 11.1. The average Bonchev–Trinajstić information content (AvgIpc) is 2.05. The first-order valence-corrected chi connectivity index (χ1v) is 4.55. The maximum Gasteiger partial charge on any atom is 0.220 e. The molecule has 0 aromatic carbocycles. The maximum absolute atomic E-state index is 11.1. The number of rotatable bonds is 2. The minimum atomic E-state index is -0.0225. The zero-order chi connectivity index (χ0) is 9.03. The summed E-state index contributed by atoms with van der Waals surface area (Å²) in [5.41, 5.74) is -0.0225. The Morgan fingerprint density at radius 1 is 1.50 bits per heavy atom. The largest absolute Gasteiger partial charge is 0.381 e. The van der Waals surface area contributed by atoms with Crippen LogP contribution in [0.5, 0.6) is 0 Å². The lowest BCUT2D eigenvalue weighted by Crippen LogP contribution is -2.49. The summed E-state index contributed by atoms with van der Waals surface area (Å²) < 4.78 is 5.23. The molecule has 0 aliphatic carbocycles. The standard InChI is InChI=1S/C9H17NO2/c1-3-8(11)10-9(2)4-6-12-7-5-9/h3-7H2,1-2H3,(H,10,11). The molecule has 1 heterocycles. The molecular formula is C9H17NO2. The molecule has 1 amide bonds. The van der Waals surface area contributed by atoms with Crippen molar-refractivity contribution in [3.63, 3.8) is 0 Å². The van der Waals surface area contributed by atoms with E-state index in [4.69, 9.17) is 4.74 Å². The van der Waals surface area contributed by atoms with Crippen molar-refractivity contribution in [3.8, 4) is 0 Å². The summed E-state index contributed by atoms with van der Waals surface area (Å²) in [6.07, 6.45) is 2.42. The second kappa shape index (κ2) is 3.90. The van der Waals surface area contributed by atoms with Crippen LogP contribution in [0.1, 0.15) is 33.1 Å². The van der Waals surface area contributed by atoms with Crippen molar-refractivity contribution in [1.29, 1.82) is 0 Å². The highest BCUT2D eigenvalue weighted by molar-refractivity contribution is 5.76. The van der Waals surface area contributed by atoms with E-state index < -0.39 is 0 Å². The fraction of sp³-hybridized carbons (Fsp3) is 0.889. The van der Waals surface area contributed by atoms with E-state index in [0.717, 1.165) is 26.1 Å². The Balaban J connectivity index is 2.41. The van der Waals surface area contributed by atoms with Gasteiger partial charge in [0.25, 0.3) is 0 Å². The van der Waals surface area contributed by atoms with Gasteiger partial charge in [0.05, 0.1) is 0 Å². The molecule has 1 aliphatic heterocycles. The second-order valence-electron chi connectivity index (χ2n) is 3.57. The molecule has 0 aromatic heterocycles. The molecule has 70 valence electrons. The first-order valence-electron chi connectivity index (χ1n) is 4.55. The number of hydrogen-bond acceptors (Lipinski definition) is 2. The van der Waals surface area contributed by atoms with Gasteiger partial charge < -0.3 is 10.1 Å². The minimum absolute atomic E-state index is 0.0225. The Morgan fingerprint density at radius 3 is 2.58 bits per heavy atom. The van der Waals surface area contributed by atoms with E-state index in [1.165, 1.54) is 0 Å².